The molecule has 1 saturated heterocycles. The van der Waals surface area contributed by atoms with Crippen LogP contribution in [-0.2, 0) is 16.1 Å². The third-order valence-corrected chi connectivity index (χ3v) is 4.79. The van der Waals surface area contributed by atoms with Crippen LogP contribution in [0.3, 0.4) is 0 Å². The van der Waals surface area contributed by atoms with Crippen molar-refractivity contribution in [2.45, 2.75) is 25.7 Å². The van der Waals surface area contributed by atoms with Gasteiger partial charge in [-0.25, -0.2) is 4.79 Å². The number of amides is 2. The summed E-state index contributed by atoms with van der Waals surface area (Å²) in [5, 5.41) is 12.9. The molecule has 1 aliphatic heterocycles. The third kappa shape index (κ3) is 3.42. The van der Waals surface area contributed by atoms with E-state index in [1.165, 1.54) is 4.90 Å². The number of carbonyl (C=O) groups is 2. The van der Waals surface area contributed by atoms with Gasteiger partial charge < -0.3 is 20.1 Å². The fraction of sp³-hybridized carbons (Fsp3) is 0.294. The second-order valence-corrected chi connectivity index (χ2v) is 6.95. The first-order valence-corrected chi connectivity index (χ1v) is 8.41. The lowest BCUT2D eigenvalue weighted by atomic mass is 10.2. The van der Waals surface area contributed by atoms with Crippen molar-refractivity contribution in [2.75, 3.05) is 11.4 Å². The van der Waals surface area contributed by atoms with Crippen LogP contribution in [0.15, 0.2) is 42.5 Å². The van der Waals surface area contributed by atoms with Crippen LogP contribution in [0.2, 0.25) is 0 Å². The number of anilines is 1. The van der Waals surface area contributed by atoms with E-state index >= 15 is 0 Å². The third-order valence-electron chi connectivity index (χ3n) is 3.79. The summed E-state index contributed by atoms with van der Waals surface area (Å²) in [6, 6.07) is 12.8. The number of aryl methyl sites for hydroxylation is 1. The normalized spacial score (nSPS) is 20.2. The minimum absolute atomic E-state index is 0.0340. The molecule has 3 rings (SSSR count). The van der Waals surface area contributed by atoms with Crippen LogP contribution in [0.4, 0.5) is 10.5 Å². The second-order valence-electron chi connectivity index (χ2n) is 5.58. The predicted octanol–water partition coefficient (Wildman–Crippen LogP) is 2.41. The van der Waals surface area contributed by atoms with Crippen LogP contribution in [0.25, 0.3) is 0 Å². The van der Waals surface area contributed by atoms with Crippen molar-refractivity contribution in [1.82, 2.24) is 5.32 Å². The van der Waals surface area contributed by atoms with Crippen LogP contribution >= 0.6 is 11.3 Å². The van der Waals surface area contributed by atoms with E-state index in [1.54, 1.807) is 35.6 Å². The van der Waals surface area contributed by atoms with Gasteiger partial charge in [0.1, 0.15) is 0 Å². The fourth-order valence-electron chi connectivity index (χ4n) is 2.56. The Balaban J connectivity index is 1.60. The van der Waals surface area contributed by atoms with Gasteiger partial charge in [-0.05, 0) is 31.2 Å². The number of hydrogen-bond acceptors (Lipinski definition) is 5. The predicted molar refractivity (Wildman–Crippen MR) is 90.7 cm³/mol. The van der Waals surface area contributed by atoms with Crippen molar-refractivity contribution >= 4 is 29.0 Å². The minimum Gasteiger partial charge on any atom is -0.407 e. The van der Waals surface area contributed by atoms with Crippen molar-refractivity contribution in [3.8, 4) is 0 Å². The maximum absolute atomic E-state index is 12.4. The summed E-state index contributed by atoms with van der Waals surface area (Å²) >= 11 is 1.56. The summed E-state index contributed by atoms with van der Waals surface area (Å²) in [5.41, 5.74) is 0.663. The van der Waals surface area contributed by atoms with Gasteiger partial charge in [-0.15, -0.1) is 11.3 Å². The van der Waals surface area contributed by atoms with E-state index in [0.717, 1.165) is 9.75 Å². The molecule has 0 aliphatic carbocycles. The van der Waals surface area contributed by atoms with Gasteiger partial charge in [0.25, 0.3) is 11.7 Å². The van der Waals surface area contributed by atoms with E-state index in [0.29, 0.717) is 12.2 Å². The molecular weight excluding hydrogens is 328 g/mol. The van der Waals surface area contributed by atoms with E-state index in [9.17, 15) is 14.7 Å². The molecule has 1 aromatic carbocycles. The largest absolute Gasteiger partial charge is 0.410 e. The zero-order valence-electron chi connectivity index (χ0n) is 13.2. The first-order valence-electron chi connectivity index (χ1n) is 7.59. The van der Waals surface area contributed by atoms with Crippen molar-refractivity contribution in [1.29, 1.82) is 0 Å². The molecule has 1 atom stereocenters. The fourth-order valence-corrected chi connectivity index (χ4v) is 3.39. The molecule has 2 amide bonds. The maximum Gasteiger partial charge on any atom is 0.410 e. The summed E-state index contributed by atoms with van der Waals surface area (Å²) in [4.78, 5) is 27.9. The number of aliphatic hydroxyl groups is 1. The molecule has 126 valence electrons. The summed E-state index contributed by atoms with van der Waals surface area (Å²) < 4.78 is 5.01. The van der Waals surface area contributed by atoms with Gasteiger partial charge in [0.05, 0.1) is 6.54 Å². The number of thiophene rings is 1. The van der Waals surface area contributed by atoms with Crippen LogP contribution in [0.5, 0.6) is 0 Å². The molecule has 0 unspecified atom stereocenters. The van der Waals surface area contributed by atoms with Crippen LogP contribution in [0.1, 0.15) is 16.2 Å². The first-order chi connectivity index (χ1) is 11.5. The van der Waals surface area contributed by atoms with Crippen molar-refractivity contribution in [2.24, 2.45) is 0 Å². The molecule has 24 heavy (non-hydrogen) atoms. The molecule has 0 bridgehead atoms. The van der Waals surface area contributed by atoms with Crippen LogP contribution < -0.4 is 10.2 Å². The van der Waals surface area contributed by atoms with E-state index in [2.05, 4.69) is 5.32 Å². The van der Waals surface area contributed by atoms with Gasteiger partial charge in [-0.1, -0.05) is 18.2 Å². The van der Waals surface area contributed by atoms with Crippen LogP contribution in [0, 0.1) is 6.92 Å². The number of nitrogens with zero attached hydrogens (tertiary/aromatic N) is 1. The summed E-state index contributed by atoms with van der Waals surface area (Å²) in [7, 11) is 0. The number of para-hydroxylation sites is 1. The molecule has 1 fully saturated rings. The number of hydrogen-bond donors (Lipinski definition) is 2. The van der Waals surface area contributed by atoms with E-state index < -0.39 is 17.8 Å². The number of ether oxygens (including phenoxy) is 1. The standard InChI is InChI=1S/C17H18N2O4S/c1-12-7-8-14(24-12)11-18-16(21)23-17(22)9-10-19(15(17)20)13-5-3-2-4-6-13/h2-8,22H,9-11H2,1H3,(H,18,21)/t17-/m0/s1. The molecule has 1 aliphatic rings. The molecule has 0 radical (unpaired) electrons. The number of rotatable bonds is 4. The highest BCUT2D eigenvalue weighted by molar-refractivity contribution is 7.11. The van der Waals surface area contributed by atoms with E-state index in [-0.39, 0.29) is 13.0 Å². The molecule has 7 heteroatoms. The highest BCUT2D eigenvalue weighted by atomic mass is 32.1. The summed E-state index contributed by atoms with van der Waals surface area (Å²) in [5.74, 6) is -2.75. The quantitative estimate of drug-likeness (QED) is 0.833. The lowest BCUT2D eigenvalue weighted by molar-refractivity contribution is -0.175. The monoisotopic (exact) mass is 346 g/mol. The number of carbonyl (C=O) groups excluding carboxylic acids is 2. The van der Waals surface area contributed by atoms with Gasteiger partial charge in [0, 0.05) is 28.4 Å². The zero-order valence-corrected chi connectivity index (χ0v) is 14.0. The minimum atomic E-state index is -2.12. The number of benzene rings is 1. The van der Waals surface area contributed by atoms with Gasteiger partial charge in [-0.3, -0.25) is 4.79 Å². The summed E-state index contributed by atoms with van der Waals surface area (Å²) in [6.45, 7) is 2.56. The maximum atomic E-state index is 12.4. The van der Waals surface area contributed by atoms with E-state index in [4.69, 9.17) is 4.74 Å². The molecule has 2 heterocycles. The SMILES string of the molecule is Cc1ccc(CNC(=O)O[C@@]2(O)CCN(c3ccccc3)C2=O)s1. The van der Waals surface area contributed by atoms with E-state index in [1.807, 2.05) is 25.1 Å². The van der Waals surface area contributed by atoms with Crippen LogP contribution in [-0.4, -0.2) is 29.4 Å². The zero-order chi connectivity index (χ0) is 17.2. The Hall–Kier alpha value is -2.38. The van der Waals surface area contributed by atoms with Gasteiger partial charge in [-0.2, -0.15) is 0 Å². The average Bonchev–Trinajstić information content (AvgIpc) is 3.11. The second kappa shape index (κ2) is 6.62. The number of alkyl carbamates (subject to hydrolysis) is 1. The highest BCUT2D eigenvalue weighted by Gasteiger charge is 2.49. The van der Waals surface area contributed by atoms with Crippen molar-refractivity contribution in [3.63, 3.8) is 0 Å². The average molecular weight is 346 g/mol. The van der Waals surface area contributed by atoms with Gasteiger partial charge in [0.2, 0.25) is 0 Å². The summed E-state index contributed by atoms with van der Waals surface area (Å²) in [6.07, 6.45) is -0.779. The Morgan fingerprint density at radius 1 is 1.33 bits per heavy atom. The lowest BCUT2D eigenvalue weighted by Gasteiger charge is -2.22. The molecule has 1 aromatic heterocycles. The topological polar surface area (TPSA) is 78.9 Å². The smallest absolute Gasteiger partial charge is 0.407 e. The Morgan fingerprint density at radius 2 is 2.08 bits per heavy atom. The Labute approximate surface area is 143 Å². The number of nitrogens with one attached hydrogen (secondary N) is 1. The van der Waals surface area contributed by atoms with Crippen molar-refractivity contribution < 1.29 is 19.4 Å². The molecular formula is C17H18N2O4S. The molecule has 0 saturated carbocycles. The molecule has 2 N–H and O–H groups in total. The first kappa shape index (κ1) is 16.5. The Bertz CT molecular complexity index is 746. The Morgan fingerprint density at radius 3 is 2.75 bits per heavy atom. The highest BCUT2D eigenvalue weighted by Crippen LogP contribution is 2.29. The molecule has 2 aromatic rings. The van der Waals surface area contributed by atoms with Crippen molar-refractivity contribution in [3.05, 3.63) is 52.2 Å². The Kier molecular flexibility index (Phi) is 4.55. The molecule has 0 spiro atoms. The van der Waals surface area contributed by atoms with Gasteiger partial charge in [0.15, 0.2) is 0 Å². The lowest BCUT2D eigenvalue weighted by Crippen LogP contribution is -2.46. The van der Waals surface area contributed by atoms with Gasteiger partial charge >= 0.3 is 6.09 Å². The molecule has 6 nitrogen and oxygen atoms in total.